The molecule has 1 amide bonds. The summed E-state index contributed by atoms with van der Waals surface area (Å²) in [6.45, 7) is 3.63. The molecular formula is C21H22N2O. The lowest BCUT2D eigenvalue weighted by molar-refractivity contribution is -0.132. The highest BCUT2D eigenvalue weighted by Gasteiger charge is 2.23. The third kappa shape index (κ3) is 2.82. The SMILES string of the molecule is Cc1ccc(CCC(=O)N2CCc3[nH]c4ccccc4c3C2)cc1. The average molecular weight is 318 g/mol. The summed E-state index contributed by atoms with van der Waals surface area (Å²) in [5.74, 6) is 0.256. The Morgan fingerprint density at radius 1 is 1.12 bits per heavy atom. The van der Waals surface area contributed by atoms with E-state index in [0.717, 1.165) is 25.9 Å². The molecule has 0 aliphatic carbocycles. The van der Waals surface area contributed by atoms with Gasteiger partial charge in [-0.15, -0.1) is 0 Å². The first kappa shape index (κ1) is 15.0. The zero-order chi connectivity index (χ0) is 16.5. The van der Waals surface area contributed by atoms with Crippen LogP contribution in [0.1, 0.15) is 28.8 Å². The van der Waals surface area contributed by atoms with Crippen molar-refractivity contribution in [2.24, 2.45) is 0 Å². The van der Waals surface area contributed by atoms with Gasteiger partial charge >= 0.3 is 0 Å². The molecule has 4 rings (SSSR count). The summed E-state index contributed by atoms with van der Waals surface area (Å²) in [5, 5.41) is 1.25. The van der Waals surface area contributed by atoms with E-state index in [1.54, 1.807) is 0 Å². The maximum atomic E-state index is 12.6. The van der Waals surface area contributed by atoms with Crippen LogP contribution in [0.4, 0.5) is 0 Å². The van der Waals surface area contributed by atoms with Crippen LogP contribution in [0.15, 0.2) is 48.5 Å². The largest absolute Gasteiger partial charge is 0.358 e. The van der Waals surface area contributed by atoms with Gasteiger partial charge in [-0.2, -0.15) is 0 Å². The number of hydrogen-bond acceptors (Lipinski definition) is 1. The monoisotopic (exact) mass is 318 g/mol. The van der Waals surface area contributed by atoms with Crippen molar-refractivity contribution in [3.63, 3.8) is 0 Å². The molecule has 3 aromatic rings. The summed E-state index contributed by atoms with van der Waals surface area (Å²) in [7, 11) is 0. The van der Waals surface area contributed by atoms with Gasteiger partial charge in [0.15, 0.2) is 0 Å². The van der Waals surface area contributed by atoms with Gasteiger partial charge in [-0.05, 0) is 25.0 Å². The van der Waals surface area contributed by atoms with E-state index in [1.807, 2.05) is 4.90 Å². The van der Waals surface area contributed by atoms with Crippen molar-refractivity contribution in [1.82, 2.24) is 9.88 Å². The molecule has 0 atom stereocenters. The number of carbonyl (C=O) groups is 1. The van der Waals surface area contributed by atoms with E-state index in [0.29, 0.717) is 6.42 Å². The number of aryl methyl sites for hydroxylation is 2. The minimum absolute atomic E-state index is 0.256. The molecular weight excluding hydrogens is 296 g/mol. The van der Waals surface area contributed by atoms with Crippen molar-refractivity contribution >= 4 is 16.8 Å². The Hall–Kier alpha value is -2.55. The molecule has 2 aromatic carbocycles. The Morgan fingerprint density at radius 2 is 1.92 bits per heavy atom. The number of fused-ring (bicyclic) bond motifs is 3. The Labute approximate surface area is 142 Å². The zero-order valence-electron chi connectivity index (χ0n) is 14.0. The summed E-state index contributed by atoms with van der Waals surface area (Å²) in [6, 6.07) is 16.8. The number of H-pyrrole nitrogens is 1. The van der Waals surface area contributed by atoms with E-state index in [2.05, 4.69) is 60.4 Å². The number of amides is 1. The fourth-order valence-electron chi connectivity index (χ4n) is 3.54. The number of hydrogen-bond donors (Lipinski definition) is 1. The fraction of sp³-hybridized carbons (Fsp3) is 0.286. The standard InChI is InChI=1S/C21H22N2O/c1-15-6-8-16(9-7-15)10-11-21(24)23-13-12-20-18(14-23)17-4-2-3-5-19(17)22-20/h2-9,22H,10-14H2,1H3. The molecule has 0 unspecified atom stereocenters. The van der Waals surface area contributed by atoms with E-state index < -0.39 is 0 Å². The Kier molecular flexibility index (Phi) is 3.85. The van der Waals surface area contributed by atoms with Crippen LogP contribution in [-0.2, 0) is 24.2 Å². The number of benzene rings is 2. The normalized spacial score (nSPS) is 14.0. The molecule has 1 aromatic heterocycles. The molecule has 0 spiro atoms. The molecule has 2 heterocycles. The van der Waals surface area contributed by atoms with Crippen LogP contribution < -0.4 is 0 Å². The summed E-state index contributed by atoms with van der Waals surface area (Å²) >= 11 is 0. The van der Waals surface area contributed by atoms with E-state index in [1.165, 1.54) is 33.3 Å². The van der Waals surface area contributed by atoms with Crippen molar-refractivity contribution in [3.05, 3.63) is 70.9 Å². The summed E-state index contributed by atoms with van der Waals surface area (Å²) in [4.78, 5) is 18.1. The van der Waals surface area contributed by atoms with Crippen LogP contribution in [0, 0.1) is 6.92 Å². The molecule has 24 heavy (non-hydrogen) atoms. The first-order valence-corrected chi connectivity index (χ1v) is 8.62. The quantitative estimate of drug-likeness (QED) is 0.778. The lowest BCUT2D eigenvalue weighted by atomic mass is 10.0. The maximum absolute atomic E-state index is 12.6. The summed E-state index contributed by atoms with van der Waals surface area (Å²) < 4.78 is 0. The number of carbonyl (C=O) groups excluding carboxylic acids is 1. The minimum Gasteiger partial charge on any atom is -0.358 e. The lowest BCUT2D eigenvalue weighted by Crippen LogP contribution is -2.35. The van der Waals surface area contributed by atoms with Crippen molar-refractivity contribution in [2.75, 3.05) is 6.54 Å². The first-order valence-electron chi connectivity index (χ1n) is 8.62. The molecule has 3 heteroatoms. The van der Waals surface area contributed by atoms with Gasteiger partial charge in [-0.25, -0.2) is 0 Å². The van der Waals surface area contributed by atoms with Gasteiger partial charge in [0.2, 0.25) is 5.91 Å². The van der Waals surface area contributed by atoms with Gasteiger partial charge in [-0.1, -0.05) is 48.0 Å². The van der Waals surface area contributed by atoms with Crippen LogP contribution in [0.5, 0.6) is 0 Å². The second-order valence-corrected chi connectivity index (χ2v) is 6.68. The van der Waals surface area contributed by atoms with E-state index in [-0.39, 0.29) is 5.91 Å². The van der Waals surface area contributed by atoms with Gasteiger partial charge < -0.3 is 9.88 Å². The van der Waals surface area contributed by atoms with E-state index in [9.17, 15) is 4.79 Å². The lowest BCUT2D eigenvalue weighted by Gasteiger charge is -2.27. The molecule has 0 saturated carbocycles. The molecule has 1 N–H and O–H groups in total. The van der Waals surface area contributed by atoms with Crippen molar-refractivity contribution in [1.29, 1.82) is 0 Å². The Balaban J connectivity index is 1.45. The molecule has 122 valence electrons. The summed E-state index contributed by atoms with van der Waals surface area (Å²) in [5.41, 5.74) is 6.25. The van der Waals surface area contributed by atoms with Crippen molar-refractivity contribution in [3.8, 4) is 0 Å². The first-order chi connectivity index (χ1) is 11.7. The second-order valence-electron chi connectivity index (χ2n) is 6.68. The topological polar surface area (TPSA) is 36.1 Å². The van der Waals surface area contributed by atoms with E-state index in [4.69, 9.17) is 0 Å². The number of rotatable bonds is 3. The van der Waals surface area contributed by atoms with Gasteiger partial charge in [0, 0.05) is 48.1 Å². The molecule has 0 fully saturated rings. The number of aromatic amines is 1. The average Bonchev–Trinajstić information content (AvgIpc) is 2.99. The van der Waals surface area contributed by atoms with Gasteiger partial charge in [0.1, 0.15) is 0 Å². The molecule has 0 saturated heterocycles. The fourth-order valence-corrected chi connectivity index (χ4v) is 3.54. The van der Waals surface area contributed by atoms with Gasteiger partial charge in [0.05, 0.1) is 0 Å². The number of nitrogens with zero attached hydrogens (tertiary/aromatic N) is 1. The summed E-state index contributed by atoms with van der Waals surface area (Å²) in [6.07, 6.45) is 2.32. The highest BCUT2D eigenvalue weighted by atomic mass is 16.2. The van der Waals surface area contributed by atoms with Crippen LogP contribution >= 0.6 is 0 Å². The van der Waals surface area contributed by atoms with Crippen LogP contribution in [0.2, 0.25) is 0 Å². The van der Waals surface area contributed by atoms with Crippen LogP contribution in [-0.4, -0.2) is 22.3 Å². The number of aromatic nitrogens is 1. The molecule has 0 bridgehead atoms. The van der Waals surface area contributed by atoms with Crippen LogP contribution in [0.25, 0.3) is 10.9 Å². The van der Waals surface area contributed by atoms with Crippen LogP contribution in [0.3, 0.4) is 0 Å². The Bertz CT molecular complexity index is 876. The third-order valence-electron chi connectivity index (χ3n) is 4.98. The zero-order valence-corrected chi connectivity index (χ0v) is 14.0. The minimum atomic E-state index is 0.256. The van der Waals surface area contributed by atoms with Gasteiger partial charge in [-0.3, -0.25) is 4.79 Å². The molecule has 1 aliphatic rings. The predicted octanol–water partition coefficient (Wildman–Crippen LogP) is 3.99. The third-order valence-corrected chi connectivity index (χ3v) is 4.98. The predicted molar refractivity (Wildman–Crippen MR) is 96.9 cm³/mol. The van der Waals surface area contributed by atoms with Crippen molar-refractivity contribution in [2.45, 2.75) is 32.7 Å². The second kappa shape index (κ2) is 6.16. The number of nitrogens with one attached hydrogen (secondary N) is 1. The van der Waals surface area contributed by atoms with Crippen molar-refractivity contribution < 1.29 is 4.79 Å². The highest BCUT2D eigenvalue weighted by molar-refractivity contribution is 5.86. The molecule has 3 nitrogen and oxygen atoms in total. The van der Waals surface area contributed by atoms with E-state index >= 15 is 0 Å². The maximum Gasteiger partial charge on any atom is 0.223 e. The highest BCUT2D eigenvalue weighted by Crippen LogP contribution is 2.27. The molecule has 0 radical (unpaired) electrons. The van der Waals surface area contributed by atoms with Gasteiger partial charge in [0.25, 0.3) is 0 Å². The Morgan fingerprint density at radius 3 is 2.75 bits per heavy atom. The smallest absolute Gasteiger partial charge is 0.223 e. The number of para-hydroxylation sites is 1. The molecule has 1 aliphatic heterocycles.